The van der Waals surface area contributed by atoms with Crippen molar-refractivity contribution >= 4 is 0 Å². The third-order valence-corrected chi connectivity index (χ3v) is 5.28. The quantitative estimate of drug-likeness (QED) is 0.748. The van der Waals surface area contributed by atoms with Gasteiger partial charge in [0.05, 0.1) is 0 Å². The van der Waals surface area contributed by atoms with Crippen LogP contribution in [0.5, 0.6) is 0 Å². The summed E-state index contributed by atoms with van der Waals surface area (Å²) in [6, 6.07) is 1.60. The van der Waals surface area contributed by atoms with E-state index in [1.165, 1.54) is 58.0 Å². The molecule has 0 spiro atoms. The van der Waals surface area contributed by atoms with Gasteiger partial charge in [0.15, 0.2) is 0 Å². The summed E-state index contributed by atoms with van der Waals surface area (Å²) in [5.74, 6) is 2.00. The van der Waals surface area contributed by atoms with Crippen molar-refractivity contribution in [3.8, 4) is 0 Å². The van der Waals surface area contributed by atoms with Crippen molar-refractivity contribution in [2.45, 2.75) is 70.9 Å². The molecule has 0 radical (unpaired) electrons. The van der Waals surface area contributed by atoms with Gasteiger partial charge in [0.1, 0.15) is 0 Å². The monoisotopic (exact) mass is 252 g/mol. The summed E-state index contributed by atoms with van der Waals surface area (Å²) >= 11 is 0. The summed E-state index contributed by atoms with van der Waals surface area (Å²) in [4.78, 5) is 2.60. The average molecular weight is 252 g/mol. The molecule has 2 heteroatoms. The van der Waals surface area contributed by atoms with E-state index in [9.17, 15) is 0 Å². The lowest BCUT2D eigenvalue weighted by Crippen LogP contribution is -2.41. The van der Waals surface area contributed by atoms with Gasteiger partial charge >= 0.3 is 0 Å². The van der Waals surface area contributed by atoms with Gasteiger partial charge in [-0.2, -0.15) is 0 Å². The molecule has 0 aromatic heterocycles. The molecule has 1 N–H and O–H groups in total. The van der Waals surface area contributed by atoms with Crippen LogP contribution < -0.4 is 5.32 Å². The van der Waals surface area contributed by atoms with Gasteiger partial charge in [0.25, 0.3) is 0 Å². The van der Waals surface area contributed by atoms with E-state index in [2.05, 4.69) is 31.1 Å². The minimum Gasteiger partial charge on any atom is -0.313 e. The maximum absolute atomic E-state index is 3.69. The molecule has 106 valence electrons. The van der Waals surface area contributed by atoms with Gasteiger partial charge in [-0.25, -0.2) is 0 Å². The summed E-state index contributed by atoms with van der Waals surface area (Å²) in [6.45, 7) is 7.09. The molecule has 0 aromatic rings. The molecule has 2 fully saturated rings. The van der Waals surface area contributed by atoms with E-state index in [1.54, 1.807) is 0 Å². The molecular weight excluding hydrogens is 220 g/mol. The second-order valence-corrected chi connectivity index (χ2v) is 6.64. The van der Waals surface area contributed by atoms with Crippen molar-refractivity contribution < 1.29 is 0 Å². The summed E-state index contributed by atoms with van der Waals surface area (Å²) in [5.41, 5.74) is 0. The zero-order valence-electron chi connectivity index (χ0n) is 12.6. The molecule has 2 saturated carbocycles. The first-order valence-electron chi connectivity index (χ1n) is 8.14. The number of rotatable bonds is 7. The molecule has 0 aliphatic heterocycles. The maximum atomic E-state index is 3.69. The fraction of sp³-hybridized carbons (Fsp3) is 1.00. The molecule has 1 atom stereocenters. The fourth-order valence-corrected chi connectivity index (χ4v) is 3.41. The zero-order valence-corrected chi connectivity index (χ0v) is 12.6. The molecule has 0 heterocycles. The largest absolute Gasteiger partial charge is 0.313 e. The van der Waals surface area contributed by atoms with Crippen LogP contribution in [-0.4, -0.2) is 37.1 Å². The minimum absolute atomic E-state index is 0.745. The molecule has 0 bridgehead atoms. The topological polar surface area (TPSA) is 15.3 Å². The van der Waals surface area contributed by atoms with E-state index in [4.69, 9.17) is 0 Å². The van der Waals surface area contributed by atoms with Gasteiger partial charge in [-0.15, -0.1) is 0 Å². The van der Waals surface area contributed by atoms with Crippen LogP contribution in [0.25, 0.3) is 0 Å². The average Bonchev–Trinajstić information content (AvgIpc) is 3.23. The fourth-order valence-electron chi connectivity index (χ4n) is 3.41. The summed E-state index contributed by atoms with van der Waals surface area (Å²) in [7, 11) is 2.32. The lowest BCUT2D eigenvalue weighted by molar-refractivity contribution is 0.163. The second kappa shape index (κ2) is 6.91. The lowest BCUT2D eigenvalue weighted by atomic mass is 9.84. The van der Waals surface area contributed by atoms with Crippen molar-refractivity contribution in [3.63, 3.8) is 0 Å². The SMILES string of the molecule is CCC1CCC(N(C)CCNC(C)C2CC2)CC1. The van der Waals surface area contributed by atoms with Crippen molar-refractivity contribution in [1.82, 2.24) is 10.2 Å². The Hall–Kier alpha value is -0.0800. The zero-order chi connectivity index (χ0) is 13.0. The standard InChI is InChI=1S/C16H32N2/c1-4-14-5-9-16(10-6-14)18(3)12-11-17-13(2)15-7-8-15/h13-17H,4-12H2,1-3H3. The van der Waals surface area contributed by atoms with Crippen LogP contribution in [0.15, 0.2) is 0 Å². The number of nitrogens with one attached hydrogen (secondary N) is 1. The van der Waals surface area contributed by atoms with Crippen LogP contribution in [0.2, 0.25) is 0 Å². The van der Waals surface area contributed by atoms with E-state index in [-0.39, 0.29) is 0 Å². The Labute approximate surface area is 114 Å². The first kappa shape index (κ1) is 14.3. The number of hydrogen-bond acceptors (Lipinski definition) is 2. The molecule has 1 unspecified atom stereocenters. The van der Waals surface area contributed by atoms with Gasteiger partial charge in [-0.3, -0.25) is 0 Å². The summed E-state index contributed by atoms with van der Waals surface area (Å²) in [6.07, 6.45) is 10.0. The van der Waals surface area contributed by atoms with Crippen LogP contribution in [0.1, 0.15) is 58.8 Å². The number of likely N-dealkylation sites (N-methyl/N-ethyl adjacent to an activating group) is 1. The first-order chi connectivity index (χ1) is 8.70. The first-order valence-corrected chi connectivity index (χ1v) is 8.14. The normalized spacial score (nSPS) is 30.7. The summed E-state index contributed by atoms with van der Waals surface area (Å²) in [5, 5.41) is 3.69. The van der Waals surface area contributed by atoms with Gasteiger partial charge < -0.3 is 10.2 Å². The van der Waals surface area contributed by atoms with Gasteiger partial charge in [-0.1, -0.05) is 13.3 Å². The third-order valence-electron chi connectivity index (χ3n) is 5.28. The maximum Gasteiger partial charge on any atom is 0.0107 e. The van der Waals surface area contributed by atoms with Crippen LogP contribution in [0, 0.1) is 11.8 Å². The highest BCUT2D eigenvalue weighted by Crippen LogP contribution is 2.32. The van der Waals surface area contributed by atoms with Gasteiger partial charge in [-0.05, 0) is 64.3 Å². The molecule has 0 amide bonds. The van der Waals surface area contributed by atoms with Crippen LogP contribution in [0.4, 0.5) is 0 Å². The predicted molar refractivity (Wildman–Crippen MR) is 78.9 cm³/mol. The van der Waals surface area contributed by atoms with E-state index < -0.39 is 0 Å². The molecule has 0 saturated heterocycles. The highest BCUT2D eigenvalue weighted by molar-refractivity contribution is 4.84. The molecule has 0 aromatic carbocycles. The van der Waals surface area contributed by atoms with Crippen molar-refractivity contribution in [1.29, 1.82) is 0 Å². The van der Waals surface area contributed by atoms with Crippen LogP contribution in [-0.2, 0) is 0 Å². The van der Waals surface area contributed by atoms with E-state index in [0.717, 1.165) is 23.9 Å². The van der Waals surface area contributed by atoms with Crippen molar-refractivity contribution in [3.05, 3.63) is 0 Å². The van der Waals surface area contributed by atoms with Gasteiger partial charge in [0, 0.05) is 25.2 Å². The summed E-state index contributed by atoms with van der Waals surface area (Å²) < 4.78 is 0. The van der Waals surface area contributed by atoms with E-state index in [0.29, 0.717) is 0 Å². The highest BCUT2D eigenvalue weighted by atomic mass is 15.1. The van der Waals surface area contributed by atoms with Crippen molar-refractivity contribution in [2.24, 2.45) is 11.8 Å². The molecule has 18 heavy (non-hydrogen) atoms. The van der Waals surface area contributed by atoms with Crippen molar-refractivity contribution in [2.75, 3.05) is 20.1 Å². The smallest absolute Gasteiger partial charge is 0.0107 e. The molecular formula is C16H32N2. The number of hydrogen-bond donors (Lipinski definition) is 1. The molecule has 2 aliphatic rings. The Morgan fingerprint density at radius 3 is 2.33 bits per heavy atom. The van der Waals surface area contributed by atoms with Crippen LogP contribution >= 0.6 is 0 Å². The van der Waals surface area contributed by atoms with Crippen LogP contribution in [0.3, 0.4) is 0 Å². The second-order valence-electron chi connectivity index (χ2n) is 6.64. The molecule has 2 aliphatic carbocycles. The minimum atomic E-state index is 0.745. The molecule has 2 nitrogen and oxygen atoms in total. The third kappa shape index (κ3) is 4.24. The lowest BCUT2D eigenvalue weighted by Gasteiger charge is -2.34. The Morgan fingerprint density at radius 2 is 1.78 bits per heavy atom. The Bertz CT molecular complexity index is 229. The number of nitrogens with zero attached hydrogens (tertiary/aromatic N) is 1. The molecule has 2 rings (SSSR count). The Morgan fingerprint density at radius 1 is 1.11 bits per heavy atom. The Balaban J connectivity index is 1.58. The Kier molecular flexibility index (Phi) is 5.50. The van der Waals surface area contributed by atoms with E-state index >= 15 is 0 Å². The highest BCUT2D eigenvalue weighted by Gasteiger charge is 2.27. The van der Waals surface area contributed by atoms with E-state index in [1.807, 2.05) is 0 Å². The van der Waals surface area contributed by atoms with Gasteiger partial charge in [0.2, 0.25) is 0 Å². The predicted octanol–water partition coefficient (Wildman–Crippen LogP) is 3.28.